The minimum Gasteiger partial charge on any atom is -0.375 e. The zero-order chi connectivity index (χ0) is 11.5. The first-order valence-corrected chi connectivity index (χ1v) is 6.35. The van der Waals surface area contributed by atoms with Gasteiger partial charge in [0.15, 0.2) is 0 Å². The topological polar surface area (TPSA) is 38.2 Å². The zero-order valence-corrected chi connectivity index (χ0v) is 11.1. The molecule has 1 fully saturated rings. The van der Waals surface area contributed by atoms with Crippen molar-refractivity contribution in [3.05, 3.63) is 16.9 Å². The highest BCUT2D eigenvalue weighted by molar-refractivity contribution is 9.10. The first kappa shape index (κ1) is 11.8. The lowest BCUT2D eigenvalue weighted by Crippen LogP contribution is -2.49. The molecule has 1 aliphatic heterocycles. The molecule has 0 aliphatic carbocycles. The predicted octanol–water partition coefficient (Wildman–Crippen LogP) is 2.24. The molecule has 0 spiro atoms. The lowest BCUT2D eigenvalue weighted by atomic mass is 10.1. The maximum atomic E-state index is 5.65. The van der Waals surface area contributed by atoms with Gasteiger partial charge in [0, 0.05) is 18.9 Å². The van der Waals surface area contributed by atoms with Crippen LogP contribution in [0.4, 0.5) is 5.95 Å². The van der Waals surface area contributed by atoms with Crippen LogP contribution in [0.15, 0.2) is 16.9 Å². The molecule has 2 atom stereocenters. The van der Waals surface area contributed by atoms with Gasteiger partial charge in [-0.3, -0.25) is 0 Å². The Balaban J connectivity index is 2.18. The lowest BCUT2D eigenvalue weighted by molar-refractivity contribution is 0.0292. The molecule has 0 N–H and O–H groups in total. The Morgan fingerprint density at radius 3 is 2.81 bits per heavy atom. The van der Waals surface area contributed by atoms with Crippen LogP contribution in [0.5, 0.6) is 0 Å². The van der Waals surface area contributed by atoms with E-state index in [2.05, 4.69) is 44.6 Å². The van der Waals surface area contributed by atoms with E-state index in [1.807, 2.05) is 0 Å². The number of anilines is 1. The summed E-state index contributed by atoms with van der Waals surface area (Å²) in [5, 5.41) is 0. The predicted molar refractivity (Wildman–Crippen MR) is 66.6 cm³/mol. The maximum absolute atomic E-state index is 5.65. The number of nitrogens with zero attached hydrogens (tertiary/aromatic N) is 3. The molecule has 5 heteroatoms. The fourth-order valence-electron chi connectivity index (χ4n) is 1.88. The highest BCUT2D eigenvalue weighted by Gasteiger charge is 2.27. The van der Waals surface area contributed by atoms with Crippen LogP contribution in [-0.4, -0.2) is 35.3 Å². The van der Waals surface area contributed by atoms with Gasteiger partial charge in [0.1, 0.15) is 0 Å². The molecule has 88 valence electrons. The van der Waals surface area contributed by atoms with Gasteiger partial charge in [0.2, 0.25) is 5.95 Å². The van der Waals surface area contributed by atoms with Crippen LogP contribution >= 0.6 is 15.9 Å². The monoisotopic (exact) mass is 285 g/mol. The van der Waals surface area contributed by atoms with Crippen molar-refractivity contribution in [1.82, 2.24) is 9.97 Å². The number of morpholine rings is 1. The summed E-state index contributed by atoms with van der Waals surface area (Å²) in [5.74, 6) is 0.796. The minimum atomic E-state index is 0.245. The lowest BCUT2D eigenvalue weighted by Gasteiger charge is -2.38. The highest BCUT2D eigenvalue weighted by Crippen LogP contribution is 2.20. The third-order valence-electron chi connectivity index (χ3n) is 2.80. The summed E-state index contributed by atoms with van der Waals surface area (Å²) in [4.78, 5) is 10.9. The van der Waals surface area contributed by atoms with Crippen molar-refractivity contribution in [2.45, 2.75) is 32.4 Å². The molecular formula is C11H16BrN3O. The number of halogens is 1. The maximum Gasteiger partial charge on any atom is 0.225 e. The molecular weight excluding hydrogens is 270 g/mol. The van der Waals surface area contributed by atoms with Crippen molar-refractivity contribution in [1.29, 1.82) is 0 Å². The molecule has 0 saturated carbocycles. The molecule has 4 nitrogen and oxygen atoms in total. The van der Waals surface area contributed by atoms with Gasteiger partial charge in [0.25, 0.3) is 0 Å². The standard InChI is InChI=1S/C11H16BrN3O/c1-3-10-7-16-8(2)6-15(10)11-13-4-9(12)5-14-11/h4-5,8,10H,3,6-7H2,1-2H3. The third kappa shape index (κ3) is 2.52. The number of hydrogen-bond acceptors (Lipinski definition) is 4. The van der Waals surface area contributed by atoms with E-state index < -0.39 is 0 Å². The van der Waals surface area contributed by atoms with Crippen LogP contribution in [0, 0.1) is 0 Å². The molecule has 1 aromatic heterocycles. The smallest absolute Gasteiger partial charge is 0.225 e. The Morgan fingerprint density at radius 2 is 2.19 bits per heavy atom. The van der Waals surface area contributed by atoms with Gasteiger partial charge in [-0.25, -0.2) is 9.97 Å². The second kappa shape index (κ2) is 5.10. The van der Waals surface area contributed by atoms with E-state index in [1.165, 1.54) is 0 Å². The molecule has 1 aromatic rings. The van der Waals surface area contributed by atoms with E-state index in [0.29, 0.717) is 6.04 Å². The normalized spacial score (nSPS) is 25.8. The van der Waals surface area contributed by atoms with E-state index >= 15 is 0 Å². The molecule has 0 radical (unpaired) electrons. The van der Waals surface area contributed by atoms with Gasteiger partial charge in [-0.2, -0.15) is 0 Å². The van der Waals surface area contributed by atoms with Crippen molar-refractivity contribution >= 4 is 21.9 Å². The van der Waals surface area contributed by atoms with E-state index in [0.717, 1.165) is 30.0 Å². The average molecular weight is 286 g/mol. The van der Waals surface area contributed by atoms with Gasteiger partial charge in [0.05, 0.1) is 23.2 Å². The molecule has 0 aromatic carbocycles. The van der Waals surface area contributed by atoms with Crippen LogP contribution in [-0.2, 0) is 4.74 Å². The Bertz CT molecular complexity index is 344. The van der Waals surface area contributed by atoms with Crippen LogP contribution in [0.3, 0.4) is 0 Å². The summed E-state index contributed by atoms with van der Waals surface area (Å²) in [5.41, 5.74) is 0. The Labute approximate surface area is 104 Å². The first-order chi connectivity index (χ1) is 7.70. The quantitative estimate of drug-likeness (QED) is 0.835. The van der Waals surface area contributed by atoms with Crippen LogP contribution in [0.2, 0.25) is 0 Å². The number of ether oxygens (including phenoxy) is 1. The largest absolute Gasteiger partial charge is 0.375 e. The molecule has 0 bridgehead atoms. The van der Waals surface area contributed by atoms with Crippen molar-refractivity contribution in [2.24, 2.45) is 0 Å². The van der Waals surface area contributed by atoms with E-state index in [-0.39, 0.29) is 6.10 Å². The molecule has 2 unspecified atom stereocenters. The molecule has 0 amide bonds. The Hall–Kier alpha value is -0.680. The number of aromatic nitrogens is 2. The summed E-state index contributed by atoms with van der Waals surface area (Å²) >= 11 is 3.35. The average Bonchev–Trinajstić information content (AvgIpc) is 2.30. The fraction of sp³-hybridized carbons (Fsp3) is 0.636. The van der Waals surface area contributed by atoms with Gasteiger partial charge in [-0.15, -0.1) is 0 Å². The van der Waals surface area contributed by atoms with Crippen LogP contribution in [0.25, 0.3) is 0 Å². The molecule has 1 saturated heterocycles. The zero-order valence-electron chi connectivity index (χ0n) is 9.56. The highest BCUT2D eigenvalue weighted by atomic mass is 79.9. The number of rotatable bonds is 2. The van der Waals surface area contributed by atoms with Crippen molar-refractivity contribution in [3.8, 4) is 0 Å². The van der Waals surface area contributed by atoms with Crippen molar-refractivity contribution < 1.29 is 4.74 Å². The van der Waals surface area contributed by atoms with E-state index in [4.69, 9.17) is 4.74 Å². The molecule has 2 heterocycles. The summed E-state index contributed by atoms with van der Waals surface area (Å²) < 4.78 is 6.56. The summed E-state index contributed by atoms with van der Waals surface area (Å²) in [7, 11) is 0. The number of hydrogen-bond donors (Lipinski definition) is 0. The summed E-state index contributed by atoms with van der Waals surface area (Å²) in [6.07, 6.45) is 4.87. The SMILES string of the molecule is CCC1COC(C)CN1c1ncc(Br)cn1. The van der Waals surface area contributed by atoms with Gasteiger partial charge >= 0.3 is 0 Å². The van der Waals surface area contributed by atoms with Gasteiger partial charge in [-0.1, -0.05) is 6.92 Å². The van der Waals surface area contributed by atoms with Crippen LogP contribution < -0.4 is 4.90 Å². The Morgan fingerprint density at radius 1 is 1.50 bits per heavy atom. The van der Waals surface area contributed by atoms with E-state index in [9.17, 15) is 0 Å². The Kier molecular flexibility index (Phi) is 3.76. The molecule has 1 aliphatic rings. The van der Waals surface area contributed by atoms with Crippen molar-refractivity contribution in [2.75, 3.05) is 18.1 Å². The minimum absolute atomic E-state index is 0.245. The summed E-state index contributed by atoms with van der Waals surface area (Å²) in [6, 6.07) is 0.386. The molecule has 16 heavy (non-hydrogen) atoms. The van der Waals surface area contributed by atoms with Crippen molar-refractivity contribution in [3.63, 3.8) is 0 Å². The first-order valence-electron chi connectivity index (χ1n) is 5.56. The van der Waals surface area contributed by atoms with Gasteiger partial charge < -0.3 is 9.64 Å². The van der Waals surface area contributed by atoms with Gasteiger partial charge in [-0.05, 0) is 29.3 Å². The second-order valence-corrected chi connectivity index (χ2v) is 4.98. The summed E-state index contributed by atoms with van der Waals surface area (Å²) in [6.45, 7) is 5.87. The fourth-order valence-corrected chi connectivity index (χ4v) is 2.09. The second-order valence-electron chi connectivity index (χ2n) is 4.06. The third-order valence-corrected chi connectivity index (χ3v) is 3.21. The van der Waals surface area contributed by atoms with Crippen LogP contribution in [0.1, 0.15) is 20.3 Å². The van der Waals surface area contributed by atoms with E-state index in [1.54, 1.807) is 12.4 Å². The molecule has 2 rings (SSSR count).